The van der Waals surface area contributed by atoms with Crippen LogP contribution in [0.5, 0.6) is 5.75 Å². The minimum Gasteiger partial charge on any atom is -0.491 e. The second-order valence-electron chi connectivity index (χ2n) is 10.0. The zero-order valence-electron chi connectivity index (χ0n) is 21.1. The third kappa shape index (κ3) is 5.29. The van der Waals surface area contributed by atoms with Crippen LogP contribution in [-0.2, 0) is 22.5 Å². The molecule has 3 aromatic rings. The van der Waals surface area contributed by atoms with Crippen LogP contribution >= 0.6 is 0 Å². The zero-order valence-corrected chi connectivity index (χ0v) is 21.1. The van der Waals surface area contributed by atoms with Crippen molar-refractivity contribution < 1.29 is 34.6 Å². The second-order valence-corrected chi connectivity index (χ2v) is 10.0. The number of aryl methyl sites for hydroxylation is 2. The van der Waals surface area contributed by atoms with Crippen LogP contribution in [-0.4, -0.2) is 58.1 Å². The van der Waals surface area contributed by atoms with E-state index in [1.807, 2.05) is 49.4 Å². The van der Waals surface area contributed by atoms with Crippen molar-refractivity contribution in [3.8, 4) is 5.75 Å². The Morgan fingerprint density at radius 2 is 1.68 bits per heavy atom. The van der Waals surface area contributed by atoms with Crippen molar-refractivity contribution in [3.63, 3.8) is 0 Å². The first-order valence-electron chi connectivity index (χ1n) is 12.7. The van der Waals surface area contributed by atoms with Crippen LogP contribution in [0.3, 0.4) is 0 Å². The molecule has 3 aromatic carbocycles. The van der Waals surface area contributed by atoms with Crippen LogP contribution in [0, 0.1) is 13.8 Å². The van der Waals surface area contributed by atoms with E-state index in [1.165, 1.54) is 16.7 Å². The molecule has 2 aliphatic heterocycles. The summed E-state index contributed by atoms with van der Waals surface area (Å²) < 4.78 is 17.7. The van der Waals surface area contributed by atoms with Crippen molar-refractivity contribution in [2.24, 2.45) is 0 Å². The Bertz CT molecular complexity index is 1220. The molecule has 4 N–H and O–H groups in total. The maximum absolute atomic E-state index is 10.5. The standard InChI is InChI=1S/C30H34O7/c1-17-6-9-20(30-29(34)28(33)27(32)24(14-31)37-30)13-22(17)12-19-7-10-23(11-8-19)35-16-25-26-18(2)4-3-5-21(26)15-36-25/h3-11,13,24-25,27-34H,12,14-16H2,1-2H3/t24-,25?,27-,28+,29-,30+/m1/s1. The smallest absolute Gasteiger partial charge is 0.119 e. The van der Waals surface area contributed by atoms with E-state index >= 15 is 0 Å². The van der Waals surface area contributed by atoms with Crippen molar-refractivity contribution in [3.05, 3.63) is 99.6 Å². The molecule has 2 aliphatic rings. The first-order valence-corrected chi connectivity index (χ1v) is 12.7. The highest BCUT2D eigenvalue weighted by Crippen LogP contribution is 2.35. The van der Waals surface area contributed by atoms with Gasteiger partial charge in [-0.3, -0.25) is 0 Å². The number of rotatable bonds is 7. The van der Waals surface area contributed by atoms with E-state index in [1.54, 1.807) is 0 Å². The van der Waals surface area contributed by atoms with E-state index in [-0.39, 0.29) is 6.10 Å². The van der Waals surface area contributed by atoms with E-state index < -0.39 is 37.1 Å². The van der Waals surface area contributed by atoms with E-state index in [0.717, 1.165) is 22.4 Å². The summed E-state index contributed by atoms with van der Waals surface area (Å²) in [4.78, 5) is 0. The van der Waals surface area contributed by atoms with E-state index in [0.29, 0.717) is 25.2 Å². The Hall–Kier alpha value is -2.78. The lowest BCUT2D eigenvalue weighted by atomic mass is 9.89. The van der Waals surface area contributed by atoms with Gasteiger partial charge in [0.1, 0.15) is 49.0 Å². The Labute approximate surface area is 216 Å². The topological polar surface area (TPSA) is 109 Å². The van der Waals surface area contributed by atoms with Crippen molar-refractivity contribution in [1.29, 1.82) is 0 Å². The predicted molar refractivity (Wildman–Crippen MR) is 137 cm³/mol. The van der Waals surface area contributed by atoms with Crippen LogP contribution in [0.15, 0.2) is 60.7 Å². The van der Waals surface area contributed by atoms with Gasteiger partial charge >= 0.3 is 0 Å². The fourth-order valence-corrected chi connectivity index (χ4v) is 5.26. The summed E-state index contributed by atoms with van der Waals surface area (Å²) in [7, 11) is 0. The van der Waals surface area contributed by atoms with Gasteiger partial charge in [0.15, 0.2) is 0 Å². The van der Waals surface area contributed by atoms with E-state index in [2.05, 4.69) is 25.1 Å². The maximum Gasteiger partial charge on any atom is 0.119 e. The highest BCUT2D eigenvalue weighted by molar-refractivity contribution is 5.40. The normalized spacial score (nSPS) is 27.2. The largest absolute Gasteiger partial charge is 0.491 e. The molecule has 196 valence electrons. The lowest BCUT2D eigenvalue weighted by Gasteiger charge is -2.40. The molecule has 0 amide bonds. The van der Waals surface area contributed by atoms with E-state index in [4.69, 9.17) is 14.2 Å². The van der Waals surface area contributed by atoms with Gasteiger partial charge in [0.2, 0.25) is 0 Å². The molecule has 0 aromatic heterocycles. The molecule has 0 bridgehead atoms. The summed E-state index contributed by atoms with van der Waals surface area (Å²) in [5, 5.41) is 40.3. The molecule has 5 rings (SSSR count). The minimum absolute atomic E-state index is 0.0660. The molecule has 6 atom stereocenters. The molecule has 37 heavy (non-hydrogen) atoms. The molecule has 2 heterocycles. The van der Waals surface area contributed by atoms with Crippen LogP contribution < -0.4 is 4.74 Å². The number of hydrogen-bond acceptors (Lipinski definition) is 7. The lowest BCUT2D eigenvalue weighted by Crippen LogP contribution is -2.55. The summed E-state index contributed by atoms with van der Waals surface area (Å²) in [6, 6.07) is 20.0. The molecule has 0 spiro atoms. The quantitative estimate of drug-likeness (QED) is 0.390. The molecular formula is C30H34O7. The molecular weight excluding hydrogens is 472 g/mol. The van der Waals surface area contributed by atoms with Gasteiger partial charge in [0.05, 0.1) is 13.2 Å². The summed E-state index contributed by atoms with van der Waals surface area (Å²) in [6.45, 7) is 4.74. The Kier molecular flexibility index (Phi) is 7.62. The average molecular weight is 507 g/mol. The van der Waals surface area contributed by atoms with Crippen molar-refractivity contribution in [2.45, 2.75) is 63.5 Å². The molecule has 7 heteroatoms. The van der Waals surface area contributed by atoms with Crippen LogP contribution in [0.1, 0.15) is 51.2 Å². The lowest BCUT2D eigenvalue weighted by molar-refractivity contribution is -0.231. The van der Waals surface area contributed by atoms with Gasteiger partial charge in [-0.25, -0.2) is 0 Å². The Morgan fingerprint density at radius 3 is 2.43 bits per heavy atom. The third-order valence-corrected chi connectivity index (χ3v) is 7.49. The van der Waals surface area contributed by atoms with E-state index in [9.17, 15) is 20.4 Å². The Balaban J connectivity index is 1.25. The number of aliphatic hydroxyl groups excluding tert-OH is 4. The molecule has 0 aliphatic carbocycles. The Morgan fingerprint density at radius 1 is 0.892 bits per heavy atom. The molecule has 0 saturated carbocycles. The fraction of sp³-hybridized carbons (Fsp3) is 0.400. The SMILES string of the molecule is Cc1ccc([C@@H]2O[C@H](CO)[C@@H](O)[C@H](O)[C@H]2O)cc1Cc1ccc(OCC2OCc3cccc(C)c32)cc1. The fourth-order valence-electron chi connectivity index (χ4n) is 5.26. The maximum atomic E-state index is 10.5. The summed E-state index contributed by atoms with van der Waals surface area (Å²) in [5.74, 6) is 0.779. The first kappa shape index (κ1) is 25.9. The number of ether oxygens (including phenoxy) is 3. The molecule has 1 saturated heterocycles. The summed E-state index contributed by atoms with van der Waals surface area (Å²) in [5.41, 5.74) is 7.60. The monoisotopic (exact) mass is 506 g/mol. The number of hydrogen-bond donors (Lipinski definition) is 4. The van der Waals surface area contributed by atoms with Gasteiger partial charge in [-0.05, 0) is 71.3 Å². The summed E-state index contributed by atoms with van der Waals surface area (Å²) in [6.07, 6.45) is -5.27. The van der Waals surface area contributed by atoms with Gasteiger partial charge < -0.3 is 34.6 Å². The first-order chi connectivity index (χ1) is 17.9. The third-order valence-electron chi connectivity index (χ3n) is 7.49. The van der Waals surface area contributed by atoms with Gasteiger partial charge in [-0.1, -0.05) is 48.5 Å². The molecule has 7 nitrogen and oxygen atoms in total. The van der Waals surface area contributed by atoms with Gasteiger partial charge in [-0.15, -0.1) is 0 Å². The van der Waals surface area contributed by atoms with Crippen LogP contribution in [0.25, 0.3) is 0 Å². The number of benzene rings is 3. The zero-order chi connectivity index (χ0) is 26.1. The van der Waals surface area contributed by atoms with Crippen molar-refractivity contribution in [2.75, 3.05) is 13.2 Å². The highest BCUT2D eigenvalue weighted by atomic mass is 16.5. The van der Waals surface area contributed by atoms with Gasteiger partial charge in [-0.2, -0.15) is 0 Å². The van der Waals surface area contributed by atoms with Gasteiger partial charge in [0.25, 0.3) is 0 Å². The second kappa shape index (κ2) is 10.9. The minimum atomic E-state index is -1.40. The van der Waals surface area contributed by atoms with Crippen LogP contribution in [0.2, 0.25) is 0 Å². The van der Waals surface area contributed by atoms with Crippen molar-refractivity contribution in [1.82, 2.24) is 0 Å². The molecule has 0 radical (unpaired) electrons. The summed E-state index contributed by atoms with van der Waals surface area (Å²) >= 11 is 0. The van der Waals surface area contributed by atoms with Crippen molar-refractivity contribution >= 4 is 0 Å². The highest BCUT2D eigenvalue weighted by Gasteiger charge is 2.44. The molecule has 1 unspecified atom stereocenters. The molecule has 1 fully saturated rings. The average Bonchev–Trinajstić information content (AvgIpc) is 3.33. The number of fused-ring (bicyclic) bond motifs is 1. The predicted octanol–water partition coefficient (Wildman–Crippen LogP) is 3.06. The van der Waals surface area contributed by atoms with Gasteiger partial charge in [0, 0.05) is 0 Å². The number of aliphatic hydroxyl groups is 4. The van der Waals surface area contributed by atoms with Crippen LogP contribution in [0.4, 0.5) is 0 Å².